The summed E-state index contributed by atoms with van der Waals surface area (Å²) < 4.78 is 12.3. The van der Waals surface area contributed by atoms with Crippen molar-refractivity contribution in [3.63, 3.8) is 0 Å². The number of hydrogen-bond donors (Lipinski definition) is 0. The Balaban J connectivity index is 1.70. The Morgan fingerprint density at radius 1 is 1.07 bits per heavy atom. The van der Waals surface area contributed by atoms with Crippen LogP contribution in [0.5, 0.6) is 5.75 Å². The number of halogens is 1. The molecule has 0 radical (unpaired) electrons. The first-order valence-corrected chi connectivity index (χ1v) is 8.62. The number of nitrogens with zero attached hydrogens (tertiary/aromatic N) is 5. The van der Waals surface area contributed by atoms with E-state index in [0.717, 1.165) is 28.3 Å². The molecular weight excluding hydrogens is 366 g/mol. The van der Waals surface area contributed by atoms with E-state index in [4.69, 9.17) is 20.9 Å². The van der Waals surface area contributed by atoms with Crippen LogP contribution in [0.4, 0.5) is 0 Å². The predicted octanol–water partition coefficient (Wildman–Crippen LogP) is 4.26. The van der Waals surface area contributed by atoms with Crippen LogP contribution in [0.1, 0.15) is 11.3 Å². The Kier molecular flexibility index (Phi) is 4.37. The van der Waals surface area contributed by atoms with Crippen molar-refractivity contribution in [2.75, 3.05) is 7.11 Å². The standard InChI is InChI=1S/C19H16ClN5O2/c1-11-4-7-14(20)10-16(11)25-12(2)17(22-24-25)19-21-18(23-27-19)13-5-8-15(26-3)9-6-13/h4-10H,1-3H3. The van der Waals surface area contributed by atoms with Crippen molar-refractivity contribution in [1.29, 1.82) is 0 Å². The van der Waals surface area contributed by atoms with Gasteiger partial charge in [0, 0.05) is 10.6 Å². The van der Waals surface area contributed by atoms with E-state index in [1.165, 1.54) is 0 Å². The van der Waals surface area contributed by atoms with Crippen LogP contribution in [0, 0.1) is 13.8 Å². The summed E-state index contributed by atoms with van der Waals surface area (Å²) in [5.74, 6) is 1.54. The molecule has 0 spiro atoms. The third-order valence-corrected chi connectivity index (χ3v) is 4.51. The molecule has 0 unspecified atom stereocenters. The van der Waals surface area contributed by atoms with Crippen molar-refractivity contribution in [3.05, 3.63) is 58.7 Å². The van der Waals surface area contributed by atoms with E-state index in [1.54, 1.807) is 11.8 Å². The zero-order chi connectivity index (χ0) is 19.0. The Hall–Kier alpha value is -3.19. The fraction of sp³-hybridized carbons (Fsp3) is 0.158. The molecule has 0 amide bonds. The summed E-state index contributed by atoms with van der Waals surface area (Å²) in [6.45, 7) is 3.88. The Morgan fingerprint density at radius 2 is 1.85 bits per heavy atom. The van der Waals surface area contributed by atoms with Gasteiger partial charge in [0.05, 0.1) is 18.5 Å². The molecule has 0 saturated carbocycles. The average Bonchev–Trinajstić information content (AvgIpc) is 3.30. The largest absolute Gasteiger partial charge is 0.497 e. The van der Waals surface area contributed by atoms with E-state index in [0.29, 0.717) is 22.4 Å². The molecule has 7 nitrogen and oxygen atoms in total. The maximum atomic E-state index is 6.12. The van der Waals surface area contributed by atoms with E-state index >= 15 is 0 Å². The van der Waals surface area contributed by atoms with Crippen LogP contribution in [0.3, 0.4) is 0 Å². The van der Waals surface area contributed by atoms with Crippen molar-refractivity contribution in [3.8, 4) is 34.4 Å². The quantitative estimate of drug-likeness (QED) is 0.525. The van der Waals surface area contributed by atoms with Gasteiger partial charge in [-0.15, -0.1) is 5.10 Å². The molecule has 0 aliphatic carbocycles. The summed E-state index contributed by atoms with van der Waals surface area (Å²) in [6, 6.07) is 13.0. The van der Waals surface area contributed by atoms with Gasteiger partial charge in [0.2, 0.25) is 5.82 Å². The molecule has 0 bridgehead atoms. The number of hydrogen-bond acceptors (Lipinski definition) is 6. The number of ether oxygens (including phenoxy) is 1. The number of methoxy groups -OCH3 is 1. The summed E-state index contributed by atoms with van der Waals surface area (Å²) in [5, 5.41) is 13.1. The van der Waals surface area contributed by atoms with E-state index in [9.17, 15) is 0 Å². The van der Waals surface area contributed by atoms with E-state index < -0.39 is 0 Å². The third kappa shape index (κ3) is 3.17. The van der Waals surface area contributed by atoms with Gasteiger partial charge in [0.15, 0.2) is 5.69 Å². The lowest BCUT2D eigenvalue weighted by Crippen LogP contribution is -2.01. The van der Waals surface area contributed by atoms with Crippen molar-refractivity contribution in [2.24, 2.45) is 0 Å². The van der Waals surface area contributed by atoms with Crippen LogP contribution in [-0.2, 0) is 0 Å². The highest BCUT2D eigenvalue weighted by molar-refractivity contribution is 6.30. The SMILES string of the molecule is COc1ccc(-c2noc(-c3nnn(-c4cc(Cl)ccc4C)c3C)n2)cc1. The summed E-state index contributed by atoms with van der Waals surface area (Å²) in [5.41, 5.74) is 4.02. The molecular formula is C19H16ClN5O2. The Morgan fingerprint density at radius 3 is 2.59 bits per heavy atom. The lowest BCUT2D eigenvalue weighted by molar-refractivity contribution is 0.414. The van der Waals surface area contributed by atoms with Crippen LogP contribution in [0.15, 0.2) is 47.0 Å². The fourth-order valence-corrected chi connectivity index (χ4v) is 2.91. The minimum atomic E-state index is 0.309. The summed E-state index contributed by atoms with van der Waals surface area (Å²) in [7, 11) is 1.62. The van der Waals surface area contributed by atoms with Crippen LogP contribution in [-0.4, -0.2) is 32.2 Å². The van der Waals surface area contributed by atoms with Crippen molar-refractivity contribution < 1.29 is 9.26 Å². The van der Waals surface area contributed by atoms with Gasteiger partial charge in [-0.2, -0.15) is 4.98 Å². The molecule has 8 heteroatoms. The number of rotatable bonds is 4. The highest BCUT2D eigenvalue weighted by Gasteiger charge is 2.19. The topological polar surface area (TPSA) is 78.9 Å². The van der Waals surface area contributed by atoms with Crippen LogP contribution in [0.25, 0.3) is 28.7 Å². The number of aryl methyl sites for hydroxylation is 1. The smallest absolute Gasteiger partial charge is 0.280 e. The predicted molar refractivity (Wildman–Crippen MR) is 101 cm³/mol. The monoisotopic (exact) mass is 381 g/mol. The minimum Gasteiger partial charge on any atom is -0.497 e. The van der Waals surface area contributed by atoms with Gasteiger partial charge >= 0.3 is 0 Å². The highest BCUT2D eigenvalue weighted by Crippen LogP contribution is 2.27. The zero-order valence-corrected chi connectivity index (χ0v) is 15.7. The summed E-state index contributed by atoms with van der Waals surface area (Å²) >= 11 is 6.12. The first-order valence-electron chi connectivity index (χ1n) is 8.24. The molecule has 0 fully saturated rings. The van der Waals surface area contributed by atoms with Gasteiger partial charge in [0.1, 0.15) is 5.75 Å². The van der Waals surface area contributed by atoms with E-state index in [2.05, 4.69) is 20.5 Å². The second-order valence-corrected chi connectivity index (χ2v) is 6.45. The van der Waals surface area contributed by atoms with Gasteiger partial charge in [-0.05, 0) is 55.8 Å². The zero-order valence-electron chi connectivity index (χ0n) is 15.0. The molecule has 136 valence electrons. The van der Waals surface area contributed by atoms with Crippen LogP contribution >= 0.6 is 11.6 Å². The third-order valence-electron chi connectivity index (χ3n) is 4.27. The molecule has 0 aliphatic rings. The van der Waals surface area contributed by atoms with Crippen LogP contribution in [0.2, 0.25) is 5.02 Å². The van der Waals surface area contributed by atoms with Crippen molar-refractivity contribution >= 4 is 11.6 Å². The minimum absolute atomic E-state index is 0.309. The lowest BCUT2D eigenvalue weighted by atomic mass is 10.2. The van der Waals surface area contributed by atoms with Crippen molar-refractivity contribution in [1.82, 2.24) is 25.1 Å². The Labute approximate surface area is 160 Å². The number of benzene rings is 2. The number of aromatic nitrogens is 5. The molecule has 27 heavy (non-hydrogen) atoms. The van der Waals surface area contributed by atoms with Crippen molar-refractivity contribution in [2.45, 2.75) is 13.8 Å². The second-order valence-electron chi connectivity index (χ2n) is 6.02. The van der Waals surface area contributed by atoms with Gasteiger partial charge in [0.25, 0.3) is 5.89 Å². The maximum Gasteiger partial charge on any atom is 0.280 e. The normalized spacial score (nSPS) is 11.0. The summed E-state index contributed by atoms with van der Waals surface area (Å²) in [6.07, 6.45) is 0. The van der Waals surface area contributed by atoms with Gasteiger partial charge < -0.3 is 9.26 Å². The van der Waals surface area contributed by atoms with E-state index in [1.807, 2.05) is 56.3 Å². The summed E-state index contributed by atoms with van der Waals surface area (Å²) in [4.78, 5) is 4.45. The van der Waals surface area contributed by atoms with Gasteiger partial charge in [-0.3, -0.25) is 0 Å². The Bertz CT molecular complexity index is 1100. The van der Waals surface area contributed by atoms with Gasteiger partial charge in [-0.1, -0.05) is 28.0 Å². The molecule has 4 rings (SSSR count). The van der Waals surface area contributed by atoms with Gasteiger partial charge in [-0.25, -0.2) is 4.68 Å². The first kappa shape index (κ1) is 17.2. The molecule has 0 saturated heterocycles. The highest BCUT2D eigenvalue weighted by atomic mass is 35.5. The first-order chi connectivity index (χ1) is 13.1. The van der Waals surface area contributed by atoms with Crippen LogP contribution < -0.4 is 4.74 Å². The molecule has 4 aromatic rings. The molecule has 2 aromatic heterocycles. The molecule has 0 N–H and O–H groups in total. The second kappa shape index (κ2) is 6.85. The molecule has 0 aliphatic heterocycles. The molecule has 2 heterocycles. The maximum absolute atomic E-state index is 6.12. The molecule has 0 atom stereocenters. The fourth-order valence-electron chi connectivity index (χ4n) is 2.74. The molecule has 2 aromatic carbocycles. The lowest BCUT2D eigenvalue weighted by Gasteiger charge is -2.07. The van der Waals surface area contributed by atoms with E-state index in [-0.39, 0.29) is 0 Å². The average molecular weight is 382 g/mol.